The van der Waals surface area contributed by atoms with E-state index in [0.717, 1.165) is 25.8 Å². The summed E-state index contributed by atoms with van der Waals surface area (Å²) < 4.78 is 0. The summed E-state index contributed by atoms with van der Waals surface area (Å²) in [5.41, 5.74) is 0. The summed E-state index contributed by atoms with van der Waals surface area (Å²) in [7, 11) is 2.18. The van der Waals surface area contributed by atoms with Gasteiger partial charge < -0.3 is 15.5 Å². The molecule has 0 spiro atoms. The van der Waals surface area contributed by atoms with E-state index in [0.29, 0.717) is 30.6 Å². The van der Waals surface area contributed by atoms with E-state index in [9.17, 15) is 4.79 Å². The third-order valence-corrected chi connectivity index (χ3v) is 4.08. The summed E-state index contributed by atoms with van der Waals surface area (Å²) in [5, 5.41) is 6.43. The van der Waals surface area contributed by atoms with Crippen LogP contribution < -0.4 is 10.6 Å². The standard InChI is InChI=1S/C13H25N3O/c1-9-8-16(3)10(2)6-12(9)14-7-13(17)15-11-4-5-11/h9-12,14H,4-8H2,1-3H3,(H,15,17). The molecule has 2 fully saturated rings. The molecular weight excluding hydrogens is 214 g/mol. The molecule has 1 amide bonds. The molecule has 1 saturated carbocycles. The Morgan fingerprint density at radius 1 is 1.35 bits per heavy atom. The number of piperidine rings is 1. The van der Waals surface area contributed by atoms with Crippen LogP contribution in [0.5, 0.6) is 0 Å². The predicted molar refractivity (Wildman–Crippen MR) is 68.8 cm³/mol. The average Bonchev–Trinajstić information content (AvgIpc) is 3.05. The molecule has 0 bridgehead atoms. The second-order valence-corrected chi connectivity index (χ2v) is 5.83. The van der Waals surface area contributed by atoms with E-state index >= 15 is 0 Å². The van der Waals surface area contributed by atoms with Gasteiger partial charge in [-0.25, -0.2) is 0 Å². The van der Waals surface area contributed by atoms with Crippen molar-refractivity contribution >= 4 is 5.91 Å². The van der Waals surface area contributed by atoms with Gasteiger partial charge in [-0.15, -0.1) is 0 Å². The summed E-state index contributed by atoms with van der Waals surface area (Å²) in [6.45, 7) is 6.11. The molecule has 0 aromatic heterocycles. The summed E-state index contributed by atoms with van der Waals surface area (Å²) in [6, 6.07) is 1.56. The average molecular weight is 239 g/mol. The lowest BCUT2D eigenvalue weighted by Gasteiger charge is -2.40. The molecule has 2 rings (SSSR count). The van der Waals surface area contributed by atoms with Gasteiger partial charge in [0.2, 0.25) is 5.91 Å². The minimum absolute atomic E-state index is 0.159. The minimum atomic E-state index is 0.159. The number of hydrogen-bond donors (Lipinski definition) is 2. The lowest BCUT2D eigenvalue weighted by molar-refractivity contribution is -0.120. The second-order valence-electron chi connectivity index (χ2n) is 5.83. The van der Waals surface area contributed by atoms with Crippen molar-refractivity contribution in [3.05, 3.63) is 0 Å². The van der Waals surface area contributed by atoms with Crippen LogP contribution in [0.1, 0.15) is 33.1 Å². The molecule has 98 valence electrons. The van der Waals surface area contributed by atoms with E-state index in [2.05, 4.69) is 36.4 Å². The third kappa shape index (κ3) is 3.68. The maximum absolute atomic E-state index is 11.6. The van der Waals surface area contributed by atoms with Crippen LogP contribution in [0, 0.1) is 5.92 Å². The smallest absolute Gasteiger partial charge is 0.234 e. The summed E-state index contributed by atoms with van der Waals surface area (Å²) in [5.74, 6) is 0.774. The van der Waals surface area contributed by atoms with Crippen LogP contribution in [0.2, 0.25) is 0 Å². The lowest BCUT2D eigenvalue weighted by Crippen LogP contribution is -2.52. The van der Waals surface area contributed by atoms with Crippen molar-refractivity contribution in [3.63, 3.8) is 0 Å². The molecule has 1 aliphatic carbocycles. The SMILES string of the molecule is CC1CN(C)C(C)CC1NCC(=O)NC1CC1. The number of nitrogens with one attached hydrogen (secondary N) is 2. The molecule has 0 radical (unpaired) electrons. The van der Waals surface area contributed by atoms with Crippen LogP contribution in [0.25, 0.3) is 0 Å². The fraction of sp³-hybridized carbons (Fsp3) is 0.923. The molecule has 4 heteroatoms. The van der Waals surface area contributed by atoms with Crippen LogP contribution in [0.4, 0.5) is 0 Å². The zero-order valence-corrected chi connectivity index (χ0v) is 11.2. The van der Waals surface area contributed by atoms with E-state index in [1.165, 1.54) is 0 Å². The number of nitrogens with zero attached hydrogens (tertiary/aromatic N) is 1. The van der Waals surface area contributed by atoms with Crippen molar-refractivity contribution in [2.24, 2.45) is 5.92 Å². The van der Waals surface area contributed by atoms with Crippen LogP contribution in [0.3, 0.4) is 0 Å². The van der Waals surface area contributed by atoms with Crippen LogP contribution >= 0.6 is 0 Å². The number of carbonyl (C=O) groups is 1. The Balaban J connectivity index is 1.71. The van der Waals surface area contributed by atoms with E-state index in [1.54, 1.807) is 0 Å². The Morgan fingerprint density at radius 3 is 2.71 bits per heavy atom. The highest BCUT2D eigenvalue weighted by molar-refractivity contribution is 5.78. The Morgan fingerprint density at radius 2 is 2.06 bits per heavy atom. The molecule has 1 heterocycles. The Kier molecular flexibility index (Phi) is 4.05. The highest BCUT2D eigenvalue weighted by Gasteiger charge is 2.29. The fourth-order valence-electron chi connectivity index (χ4n) is 2.56. The van der Waals surface area contributed by atoms with Crippen molar-refractivity contribution in [3.8, 4) is 0 Å². The van der Waals surface area contributed by atoms with Crippen molar-refractivity contribution in [2.45, 2.75) is 51.2 Å². The van der Waals surface area contributed by atoms with Gasteiger partial charge in [-0.3, -0.25) is 4.79 Å². The van der Waals surface area contributed by atoms with Crippen molar-refractivity contribution in [1.29, 1.82) is 0 Å². The van der Waals surface area contributed by atoms with Crippen molar-refractivity contribution in [2.75, 3.05) is 20.1 Å². The number of carbonyl (C=O) groups excluding carboxylic acids is 1. The summed E-state index contributed by atoms with van der Waals surface area (Å²) in [6.07, 6.45) is 3.45. The van der Waals surface area contributed by atoms with E-state index in [1.807, 2.05) is 0 Å². The highest BCUT2D eigenvalue weighted by atomic mass is 16.2. The molecule has 2 aliphatic rings. The highest BCUT2D eigenvalue weighted by Crippen LogP contribution is 2.21. The van der Waals surface area contributed by atoms with E-state index < -0.39 is 0 Å². The third-order valence-electron chi connectivity index (χ3n) is 4.08. The lowest BCUT2D eigenvalue weighted by atomic mass is 9.90. The van der Waals surface area contributed by atoms with Crippen LogP contribution in [0.15, 0.2) is 0 Å². The Labute approximate surface area is 104 Å². The zero-order chi connectivity index (χ0) is 12.4. The Hall–Kier alpha value is -0.610. The summed E-state index contributed by atoms with van der Waals surface area (Å²) in [4.78, 5) is 14.0. The topological polar surface area (TPSA) is 44.4 Å². The van der Waals surface area contributed by atoms with E-state index in [4.69, 9.17) is 0 Å². The first-order valence-electron chi connectivity index (χ1n) is 6.79. The van der Waals surface area contributed by atoms with E-state index in [-0.39, 0.29) is 5.91 Å². The Bertz CT molecular complexity index is 278. The maximum Gasteiger partial charge on any atom is 0.234 e. The monoisotopic (exact) mass is 239 g/mol. The maximum atomic E-state index is 11.6. The van der Waals surface area contributed by atoms with Crippen molar-refractivity contribution in [1.82, 2.24) is 15.5 Å². The fourth-order valence-corrected chi connectivity index (χ4v) is 2.56. The molecule has 2 N–H and O–H groups in total. The molecule has 3 atom stereocenters. The number of rotatable bonds is 4. The van der Waals surface area contributed by atoms with Gasteiger partial charge in [0.1, 0.15) is 0 Å². The number of hydrogen-bond acceptors (Lipinski definition) is 3. The molecule has 17 heavy (non-hydrogen) atoms. The van der Waals surface area contributed by atoms with Gasteiger partial charge in [-0.05, 0) is 39.2 Å². The zero-order valence-electron chi connectivity index (χ0n) is 11.2. The van der Waals surface area contributed by atoms with Gasteiger partial charge >= 0.3 is 0 Å². The van der Waals surface area contributed by atoms with Gasteiger partial charge in [0.05, 0.1) is 6.54 Å². The molecule has 1 saturated heterocycles. The molecule has 1 aliphatic heterocycles. The normalized spacial score (nSPS) is 34.6. The van der Waals surface area contributed by atoms with Gasteiger partial charge in [0, 0.05) is 24.7 Å². The first kappa shape index (κ1) is 12.8. The first-order valence-corrected chi connectivity index (χ1v) is 6.79. The molecule has 0 aromatic carbocycles. The molecule has 0 aromatic rings. The molecule has 3 unspecified atom stereocenters. The van der Waals surface area contributed by atoms with Gasteiger partial charge in [0.25, 0.3) is 0 Å². The summed E-state index contributed by atoms with van der Waals surface area (Å²) >= 11 is 0. The van der Waals surface area contributed by atoms with Gasteiger partial charge in [-0.1, -0.05) is 6.92 Å². The van der Waals surface area contributed by atoms with Crippen LogP contribution in [-0.4, -0.2) is 49.1 Å². The van der Waals surface area contributed by atoms with Gasteiger partial charge in [-0.2, -0.15) is 0 Å². The number of likely N-dealkylation sites (tertiary alicyclic amines) is 1. The molecular formula is C13H25N3O. The predicted octanol–water partition coefficient (Wildman–Crippen LogP) is 0.583. The van der Waals surface area contributed by atoms with Crippen LogP contribution in [-0.2, 0) is 4.79 Å². The number of amides is 1. The molecule has 4 nitrogen and oxygen atoms in total. The minimum Gasteiger partial charge on any atom is -0.352 e. The van der Waals surface area contributed by atoms with Crippen molar-refractivity contribution < 1.29 is 4.79 Å². The first-order chi connectivity index (χ1) is 8.06. The second kappa shape index (κ2) is 5.36. The van der Waals surface area contributed by atoms with Gasteiger partial charge in [0.15, 0.2) is 0 Å². The quantitative estimate of drug-likeness (QED) is 0.754. The largest absolute Gasteiger partial charge is 0.352 e.